The average Bonchev–Trinajstić information content (AvgIpc) is 2.15. The molecule has 0 saturated heterocycles. The predicted molar refractivity (Wildman–Crippen MR) is 60.2 cm³/mol. The summed E-state index contributed by atoms with van der Waals surface area (Å²) in [5.41, 5.74) is 2.61. The maximum atomic E-state index is 9.14. The van der Waals surface area contributed by atoms with Gasteiger partial charge in [-0.2, -0.15) is 0 Å². The molecule has 76 valence electrons. The highest BCUT2D eigenvalue weighted by Crippen LogP contribution is 2.09. The van der Waals surface area contributed by atoms with E-state index in [-0.39, 0.29) is 6.10 Å². The topological polar surface area (TPSA) is 20.2 Å². The molecule has 0 aliphatic heterocycles. The lowest BCUT2D eigenvalue weighted by Gasteiger charge is -2.03. The standard InChI is InChI=1S/C13H18O/c1-11(10-12(2)14)8-9-13-6-4-3-5-7-13/h3-7,10,12,14H,8-9H2,1-2H3/b11-10+/t12-/m1/s1. The average molecular weight is 190 g/mol. The second kappa shape index (κ2) is 5.61. The van der Waals surface area contributed by atoms with Crippen LogP contribution in [0.2, 0.25) is 0 Å². The number of hydrogen-bond donors (Lipinski definition) is 1. The lowest BCUT2D eigenvalue weighted by molar-refractivity contribution is 0.243. The third kappa shape index (κ3) is 4.24. The van der Waals surface area contributed by atoms with Crippen molar-refractivity contribution < 1.29 is 5.11 Å². The van der Waals surface area contributed by atoms with Gasteiger partial charge in [-0.3, -0.25) is 0 Å². The minimum Gasteiger partial charge on any atom is -0.389 e. The smallest absolute Gasteiger partial charge is 0.0695 e. The van der Waals surface area contributed by atoms with E-state index in [0.717, 1.165) is 12.8 Å². The molecule has 1 aromatic rings. The third-order valence-electron chi connectivity index (χ3n) is 2.18. The Morgan fingerprint density at radius 3 is 2.57 bits per heavy atom. The molecule has 0 spiro atoms. The summed E-state index contributed by atoms with van der Waals surface area (Å²) in [5.74, 6) is 0. The van der Waals surface area contributed by atoms with Crippen molar-refractivity contribution in [3.63, 3.8) is 0 Å². The Hall–Kier alpha value is -1.08. The second-order valence-electron chi connectivity index (χ2n) is 3.74. The maximum absolute atomic E-state index is 9.14. The molecule has 0 radical (unpaired) electrons. The molecule has 0 fully saturated rings. The van der Waals surface area contributed by atoms with Crippen LogP contribution in [-0.4, -0.2) is 11.2 Å². The van der Waals surface area contributed by atoms with Gasteiger partial charge in [0.15, 0.2) is 0 Å². The fourth-order valence-electron chi connectivity index (χ4n) is 1.48. The van der Waals surface area contributed by atoms with Crippen molar-refractivity contribution in [2.24, 2.45) is 0 Å². The van der Waals surface area contributed by atoms with Gasteiger partial charge in [0.05, 0.1) is 6.10 Å². The van der Waals surface area contributed by atoms with E-state index in [2.05, 4.69) is 31.2 Å². The Balaban J connectivity index is 2.42. The van der Waals surface area contributed by atoms with Gasteiger partial charge in [0.1, 0.15) is 0 Å². The molecular weight excluding hydrogens is 172 g/mol. The molecule has 1 N–H and O–H groups in total. The van der Waals surface area contributed by atoms with E-state index >= 15 is 0 Å². The van der Waals surface area contributed by atoms with Crippen molar-refractivity contribution in [3.05, 3.63) is 47.5 Å². The fraction of sp³-hybridized carbons (Fsp3) is 0.385. The monoisotopic (exact) mass is 190 g/mol. The predicted octanol–water partition coefficient (Wildman–Crippen LogP) is 2.95. The SMILES string of the molecule is C/C(=C\[C@@H](C)O)CCc1ccccc1. The van der Waals surface area contributed by atoms with Crippen molar-refractivity contribution >= 4 is 0 Å². The van der Waals surface area contributed by atoms with Crippen LogP contribution < -0.4 is 0 Å². The van der Waals surface area contributed by atoms with Gasteiger partial charge in [-0.1, -0.05) is 42.0 Å². The number of aliphatic hydroxyl groups excluding tert-OH is 1. The lowest BCUT2D eigenvalue weighted by atomic mass is 10.0. The van der Waals surface area contributed by atoms with Gasteiger partial charge >= 0.3 is 0 Å². The summed E-state index contributed by atoms with van der Waals surface area (Å²) in [6.45, 7) is 3.85. The number of aryl methyl sites for hydroxylation is 1. The van der Waals surface area contributed by atoms with Crippen LogP contribution in [0, 0.1) is 0 Å². The van der Waals surface area contributed by atoms with E-state index in [4.69, 9.17) is 5.11 Å². The molecule has 0 aromatic heterocycles. The number of allylic oxidation sites excluding steroid dienone is 1. The van der Waals surface area contributed by atoms with Crippen LogP contribution in [0.25, 0.3) is 0 Å². The van der Waals surface area contributed by atoms with Crippen LogP contribution in [-0.2, 0) is 6.42 Å². The molecule has 14 heavy (non-hydrogen) atoms. The van der Waals surface area contributed by atoms with Crippen LogP contribution in [0.5, 0.6) is 0 Å². The van der Waals surface area contributed by atoms with Crippen LogP contribution >= 0.6 is 0 Å². The van der Waals surface area contributed by atoms with Crippen LogP contribution in [0.3, 0.4) is 0 Å². The summed E-state index contributed by atoms with van der Waals surface area (Å²) in [7, 11) is 0. The number of rotatable bonds is 4. The maximum Gasteiger partial charge on any atom is 0.0695 e. The van der Waals surface area contributed by atoms with Crippen molar-refractivity contribution in [2.75, 3.05) is 0 Å². The number of benzene rings is 1. The van der Waals surface area contributed by atoms with E-state index in [9.17, 15) is 0 Å². The largest absolute Gasteiger partial charge is 0.389 e. The molecule has 0 aliphatic rings. The molecule has 0 saturated carbocycles. The van der Waals surface area contributed by atoms with E-state index < -0.39 is 0 Å². The van der Waals surface area contributed by atoms with E-state index in [1.165, 1.54) is 11.1 Å². The highest BCUT2D eigenvalue weighted by Gasteiger charge is 1.95. The first-order chi connectivity index (χ1) is 6.68. The second-order valence-corrected chi connectivity index (χ2v) is 3.74. The summed E-state index contributed by atoms with van der Waals surface area (Å²) in [6, 6.07) is 10.4. The van der Waals surface area contributed by atoms with Gasteiger partial charge in [0.25, 0.3) is 0 Å². The molecule has 0 unspecified atom stereocenters. The molecule has 1 nitrogen and oxygen atoms in total. The molecule has 1 rings (SSSR count). The first kappa shape index (κ1) is 11.0. The van der Waals surface area contributed by atoms with Crippen molar-refractivity contribution in [1.29, 1.82) is 0 Å². The Morgan fingerprint density at radius 1 is 1.36 bits per heavy atom. The van der Waals surface area contributed by atoms with E-state index in [0.29, 0.717) is 0 Å². The molecule has 0 heterocycles. The molecule has 0 bridgehead atoms. The number of aliphatic hydroxyl groups is 1. The summed E-state index contributed by atoms with van der Waals surface area (Å²) >= 11 is 0. The van der Waals surface area contributed by atoms with Crippen LogP contribution in [0.4, 0.5) is 0 Å². The lowest BCUT2D eigenvalue weighted by Crippen LogP contribution is -1.95. The van der Waals surface area contributed by atoms with Gasteiger partial charge in [0.2, 0.25) is 0 Å². The first-order valence-corrected chi connectivity index (χ1v) is 5.08. The fourth-order valence-corrected chi connectivity index (χ4v) is 1.48. The zero-order valence-electron chi connectivity index (χ0n) is 8.90. The highest BCUT2D eigenvalue weighted by atomic mass is 16.3. The minimum absolute atomic E-state index is 0.328. The Labute approximate surface area is 86.1 Å². The first-order valence-electron chi connectivity index (χ1n) is 5.08. The van der Waals surface area contributed by atoms with Gasteiger partial charge in [-0.15, -0.1) is 0 Å². The summed E-state index contributed by atoms with van der Waals surface area (Å²) in [4.78, 5) is 0. The van der Waals surface area contributed by atoms with Gasteiger partial charge < -0.3 is 5.11 Å². The Morgan fingerprint density at radius 2 is 2.00 bits per heavy atom. The zero-order valence-corrected chi connectivity index (χ0v) is 8.90. The molecular formula is C13H18O. The molecule has 0 aliphatic carbocycles. The Bertz CT molecular complexity index is 285. The number of hydrogen-bond acceptors (Lipinski definition) is 1. The third-order valence-corrected chi connectivity index (χ3v) is 2.18. The zero-order chi connectivity index (χ0) is 10.4. The van der Waals surface area contributed by atoms with Crippen molar-refractivity contribution in [1.82, 2.24) is 0 Å². The molecule has 0 amide bonds. The molecule has 1 aromatic carbocycles. The Kier molecular flexibility index (Phi) is 4.41. The minimum atomic E-state index is -0.328. The van der Waals surface area contributed by atoms with Gasteiger partial charge in [0, 0.05) is 0 Å². The van der Waals surface area contributed by atoms with Crippen molar-refractivity contribution in [2.45, 2.75) is 32.8 Å². The van der Waals surface area contributed by atoms with Gasteiger partial charge in [-0.25, -0.2) is 0 Å². The quantitative estimate of drug-likeness (QED) is 0.724. The van der Waals surface area contributed by atoms with E-state index in [1.54, 1.807) is 6.92 Å². The molecule has 1 heteroatoms. The van der Waals surface area contributed by atoms with E-state index in [1.807, 2.05) is 12.1 Å². The summed E-state index contributed by atoms with van der Waals surface area (Å²) < 4.78 is 0. The van der Waals surface area contributed by atoms with Crippen molar-refractivity contribution in [3.8, 4) is 0 Å². The van der Waals surface area contributed by atoms with Crippen LogP contribution in [0.1, 0.15) is 25.8 Å². The summed E-state index contributed by atoms with van der Waals surface area (Å²) in [6.07, 6.45) is 3.65. The highest BCUT2D eigenvalue weighted by molar-refractivity contribution is 5.16. The van der Waals surface area contributed by atoms with Crippen LogP contribution in [0.15, 0.2) is 42.0 Å². The summed E-state index contributed by atoms with van der Waals surface area (Å²) in [5, 5.41) is 9.14. The normalized spacial score (nSPS) is 14.1. The van der Waals surface area contributed by atoms with Gasteiger partial charge in [-0.05, 0) is 32.3 Å². The molecule has 1 atom stereocenters.